The van der Waals surface area contributed by atoms with E-state index in [0.717, 1.165) is 53.1 Å². The molecule has 1 unspecified atom stereocenters. The predicted molar refractivity (Wildman–Crippen MR) is 138 cm³/mol. The molecule has 4 heterocycles. The van der Waals surface area contributed by atoms with Gasteiger partial charge in [-0.3, -0.25) is 4.98 Å². The van der Waals surface area contributed by atoms with E-state index in [2.05, 4.69) is 25.8 Å². The van der Waals surface area contributed by atoms with Crippen molar-refractivity contribution in [2.24, 2.45) is 16.3 Å². The van der Waals surface area contributed by atoms with Gasteiger partial charge in [0, 0.05) is 33.3 Å². The first kappa shape index (κ1) is 23.6. The molecule has 37 heavy (non-hydrogen) atoms. The molecule has 12 heteroatoms. The minimum Gasteiger partial charge on any atom is -0.477 e. The van der Waals surface area contributed by atoms with Crippen LogP contribution in [0.1, 0.15) is 46.4 Å². The van der Waals surface area contributed by atoms with Crippen LogP contribution in [0, 0.1) is 11.7 Å². The second-order valence-electron chi connectivity index (χ2n) is 9.06. The lowest BCUT2D eigenvalue weighted by Gasteiger charge is -2.20. The molecule has 9 nitrogen and oxygen atoms in total. The Hall–Kier alpha value is -3.83. The number of carboxylic acid groups (broad SMARTS) is 1. The van der Waals surface area contributed by atoms with Gasteiger partial charge in [0.05, 0.1) is 29.2 Å². The fourth-order valence-corrected chi connectivity index (χ4v) is 5.42. The van der Waals surface area contributed by atoms with Crippen molar-refractivity contribution < 1.29 is 14.3 Å². The Morgan fingerprint density at radius 2 is 2.08 bits per heavy atom. The van der Waals surface area contributed by atoms with Gasteiger partial charge in [-0.25, -0.2) is 19.2 Å². The quantitative estimate of drug-likeness (QED) is 0.243. The number of aromatic carboxylic acids is 1. The Labute approximate surface area is 220 Å². The number of aromatic nitrogens is 3. The largest absolute Gasteiger partial charge is 0.477 e. The van der Waals surface area contributed by atoms with Crippen LogP contribution in [-0.2, 0) is 0 Å². The number of hydrogen-bond acceptors (Lipinski definition) is 8. The SMILES string of the molecule is O=C(O)c1scc(-c2cnc(C(CC3CC3)c3ccc(-c4cc(Cl)ccc4N4CN=NN4)cn3)[nH]2)c1F. The minimum atomic E-state index is -1.28. The molecule has 4 aromatic rings. The highest BCUT2D eigenvalue weighted by Crippen LogP contribution is 2.41. The summed E-state index contributed by atoms with van der Waals surface area (Å²) >= 11 is 7.17. The number of aromatic amines is 1. The number of halogens is 2. The number of nitrogens with one attached hydrogen (secondary N) is 2. The zero-order chi connectivity index (χ0) is 25.5. The summed E-state index contributed by atoms with van der Waals surface area (Å²) in [4.78, 5) is 23.5. The number of benzene rings is 1. The van der Waals surface area contributed by atoms with E-state index in [1.165, 1.54) is 5.38 Å². The van der Waals surface area contributed by atoms with Crippen LogP contribution < -0.4 is 10.5 Å². The molecular formula is C25H21ClFN7O2S. The summed E-state index contributed by atoms with van der Waals surface area (Å²) < 4.78 is 14.6. The maximum Gasteiger partial charge on any atom is 0.348 e. The van der Waals surface area contributed by atoms with Crippen molar-refractivity contribution in [2.75, 3.05) is 11.7 Å². The zero-order valence-electron chi connectivity index (χ0n) is 19.4. The van der Waals surface area contributed by atoms with E-state index in [0.29, 0.717) is 29.1 Å². The third kappa shape index (κ3) is 4.67. The summed E-state index contributed by atoms with van der Waals surface area (Å²) in [6.07, 6.45) is 6.56. The van der Waals surface area contributed by atoms with Crippen LogP contribution in [0.4, 0.5) is 10.1 Å². The van der Waals surface area contributed by atoms with E-state index >= 15 is 0 Å². The van der Waals surface area contributed by atoms with Crippen LogP contribution in [0.15, 0.2) is 58.4 Å². The molecule has 188 valence electrons. The lowest BCUT2D eigenvalue weighted by molar-refractivity contribution is 0.0698. The standard InChI is InChI=1S/C25H21ClFN7O2S/c26-15-4-6-21(34-12-30-32-33-34)16(8-15)14-3-5-19(28-9-14)17(7-13-1-2-13)24-29-10-20(31-24)18-11-37-23(22(18)27)25(35)36/h3-6,8-11,13,17H,1-2,7,12H2,(H,29,31)(H,30,33)(H,35,36). The predicted octanol–water partition coefficient (Wildman–Crippen LogP) is 6.27. The Bertz CT molecular complexity index is 1490. The Kier molecular flexibility index (Phi) is 6.09. The molecule has 0 radical (unpaired) electrons. The van der Waals surface area contributed by atoms with Crippen LogP contribution in [0.2, 0.25) is 5.02 Å². The molecule has 1 aromatic carbocycles. The molecule has 0 amide bonds. The average Bonchev–Trinajstić information content (AvgIpc) is 3.27. The van der Waals surface area contributed by atoms with Crippen LogP contribution in [0.3, 0.4) is 0 Å². The number of imidazole rings is 1. The van der Waals surface area contributed by atoms with Crippen molar-refractivity contribution >= 4 is 34.6 Å². The fourth-order valence-electron chi connectivity index (χ4n) is 4.47. The molecule has 6 rings (SSSR count). The highest BCUT2D eigenvalue weighted by Gasteiger charge is 2.30. The third-order valence-electron chi connectivity index (χ3n) is 6.55. The van der Waals surface area contributed by atoms with Crippen molar-refractivity contribution in [1.29, 1.82) is 0 Å². The van der Waals surface area contributed by atoms with E-state index in [1.54, 1.807) is 6.20 Å². The second kappa shape index (κ2) is 9.56. The minimum absolute atomic E-state index is 0.104. The van der Waals surface area contributed by atoms with Crippen molar-refractivity contribution in [3.8, 4) is 22.4 Å². The molecule has 1 saturated carbocycles. The molecule has 3 N–H and O–H groups in total. The van der Waals surface area contributed by atoms with E-state index in [-0.39, 0.29) is 16.4 Å². The highest BCUT2D eigenvalue weighted by atomic mass is 35.5. The number of nitrogens with zero attached hydrogens (tertiary/aromatic N) is 5. The van der Waals surface area contributed by atoms with Gasteiger partial charge in [0.2, 0.25) is 0 Å². The number of rotatable bonds is 8. The number of pyridine rings is 1. The number of hydrogen-bond donors (Lipinski definition) is 3. The number of anilines is 1. The second-order valence-corrected chi connectivity index (χ2v) is 10.4. The summed E-state index contributed by atoms with van der Waals surface area (Å²) in [5.74, 6) is -0.870. The summed E-state index contributed by atoms with van der Waals surface area (Å²) in [7, 11) is 0. The molecule has 0 saturated heterocycles. The first-order valence-electron chi connectivity index (χ1n) is 11.7. The Morgan fingerprint density at radius 3 is 2.76 bits per heavy atom. The van der Waals surface area contributed by atoms with Crippen LogP contribution in [0.5, 0.6) is 0 Å². The van der Waals surface area contributed by atoms with Crippen molar-refractivity contribution in [2.45, 2.75) is 25.2 Å². The number of carbonyl (C=O) groups is 1. The first-order valence-corrected chi connectivity index (χ1v) is 12.9. The Morgan fingerprint density at radius 1 is 1.22 bits per heavy atom. The topological polar surface area (TPSA) is 119 Å². The normalized spacial score (nSPS) is 15.7. The number of hydrazine groups is 1. The lowest BCUT2D eigenvalue weighted by atomic mass is 9.95. The maximum absolute atomic E-state index is 14.6. The summed E-state index contributed by atoms with van der Waals surface area (Å²) in [6, 6.07) is 9.60. The fraction of sp³-hybridized carbons (Fsp3) is 0.240. The van der Waals surface area contributed by atoms with E-state index in [4.69, 9.17) is 16.6 Å². The lowest BCUT2D eigenvalue weighted by Crippen LogP contribution is -2.29. The number of H-pyrrole nitrogens is 1. The highest BCUT2D eigenvalue weighted by molar-refractivity contribution is 7.12. The van der Waals surface area contributed by atoms with Gasteiger partial charge in [0.25, 0.3) is 0 Å². The maximum atomic E-state index is 14.6. The molecule has 3 aromatic heterocycles. The van der Waals surface area contributed by atoms with Crippen molar-refractivity contribution in [3.05, 3.63) is 75.3 Å². The number of thiophene rings is 1. The number of carboxylic acids is 1. The summed E-state index contributed by atoms with van der Waals surface area (Å²) in [6.45, 7) is 0.392. The van der Waals surface area contributed by atoms with Gasteiger partial charge in [0.1, 0.15) is 10.7 Å². The molecule has 0 spiro atoms. The molecule has 2 aliphatic rings. The molecular weight excluding hydrogens is 517 g/mol. The van der Waals surface area contributed by atoms with E-state index in [1.807, 2.05) is 41.5 Å². The monoisotopic (exact) mass is 537 g/mol. The van der Waals surface area contributed by atoms with Crippen LogP contribution >= 0.6 is 22.9 Å². The Balaban J connectivity index is 1.31. The van der Waals surface area contributed by atoms with Gasteiger partial charge in [-0.1, -0.05) is 35.7 Å². The molecule has 1 fully saturated rings. The third-order valence-corrected chi connectivity index (χ3v) is 7.73. The van der Waals surface area contributed by atoms with Crippen LogP contribution in [0.25, 0.3) is 22.4 Å². The summed E-state index contributed by atoms with van der Waals surface area (Å²) in [5.41, 5.74) is 7.04. The molecule has 0 bridgehead atoms. The zero-order valence-corrected chi connectivity index (χ0v) is 20.9. The van der Waals surface area contributed by atoms with Crippen molar-refractivity contribution in [1.82, 2.24) is 20.5 Å². The molecule has 1 aliphatic carbocycles. The van der Waals surface area contributed by atoms with E-state index in [9.17, 15) is 14.3 Å². The van der Waals surface area contributed by atoms with Gasteiger partial charge >= 0.3 is 5.97 Å². The van der Waals surface area contributed by atoms with E-state index < -0.39 is 11.8 Å². The molecule has 1 aliphatic heterocycles. The smallest absolute Gasteiger partial charge is 0.348 e. The van der Waals surface area contributed by atoms with Gasteiger partial charge in [-0.05, 0) is 36.6 Å². The van der Waals surface area contributed by atoms with Crippen LogP contribution in [-0.4, -0.2) is 32.7 Å². The first-order chi connectivity index (χ1) is 18.0. The average molecular weight is 538 g/mol. The molecule has 1 atom stereocenters. The van der Waals surface area contributed by atoms with Gasteiger partial charge in [0.15, 0.2) is 12.5 Å². The van der Waals surface area contributed by atoms with Gasteiger partial charge < -0.3 is 10.1 Å². The van der Waals surface area contributed by atoms with Gasteiger partial charge in [-0.2, -0.15) is 5.53 Å². The van der Waals surface area contributed by atoms with Crippen molar-refractivity contribution in [3.63, 3.8) is 0 Å². The summed E-state index contributed by atoms with van der Waals surface area (Å²) in [5, 5.41) is 20.9. The van der Waals surface area contributed by atoms with Gasteiger partial charge in [-0.15, -0.1) is 16.5 Å².